The summed E-state index contributed by atoms with van der Waals surface area (Å²) in [6.07, 6.45) is 1.85. The molecule has 0 bridgehead atoms. The number of hydrogen-bond donors (Lipinski definition) is 1. The van der Waals surface area contributed by atoms with E-state index in [4.69, 9.17) is 11.6 Å². The third-order valence-corrected chi connectivity index (χ3v) is 5.12. The lowest BCUT2D eigenvalue weighted by molar-refractivity contribution is 0.0917. The highest BCUT2D eigenvalue weighted by Crippen LogP contribution is 2.23. The van der Waals surface area contributed by atoms with Gasteiger partial charge in [-0.2, -0.15) is 0 Å². The van der Waals surface area contributed by atoms with Crippen LogP contribution in [-0.4, -0.2) is 35.5 Å². The largest absolute Gasteiger partial charge is 0.340 e. The number of nitrogens with zero attached hydrogens (tertiary/aromatic N) is 6. The van der Waals surface area contributed by atoms with E-state index >= 15 is 0 Å². The van der Waals surface area contributed by atoms with E-state index in [1.165, 1.54) is 22.9 Å². The molecule has 1 atom stereocenters. The topological polar surface area (TPSA) is 90.0 Å². The Bertz CT molecular complexity index is 1230. The number of amides is 1. The minimum Gasteiger partial charge on any atom is -0.340 e. The first-order chi connectivity index (χ1) is 14.4. The number of carbonyl (C=O) groups excluding carboxylic acids is 1. The highest BCUT2D eigenvalue weighted by molar-refractivity contribution is 6.30. The molecule has 4 aromatic rings. The normalized spacial score (nSPS) is 12.5. The van der Waals surface area contributed by atoms with Gasteiger partial charge in [0.2, 0.25) is 0 Å². The van der Waals surface area contributed by atoms with E-state index in [9.17, 15) is 9.18 Å². The molecule has 3 heterocycles. The highest BCUT2D eigenvalue weighted by atomic mass is 35.5. The summed E-state index contributed by atoms with van der Waals surface area (Å²) in [6, 6.07) is 9.40. The third-order valence-electron chi connectivity index (χ3n) is 4.83. The Morgan fingerprint density at radius 2 is 1.97 bits per heavy atom. The zero-order chi connectivity index (χ0) is 21.4. The van der Waals surface area contributed by atoms with Crippen molar-refractivity contribution in [1.29, 1.82) is 0 Å². The van der Waals surface area contributed by atoms with Crippen molar-refractivity contribution in [3.8, 4) is 5.69 Å². The molecule has 4 rings (SSSR count). The number of rotatable bonds is 5. The molecule has 3 aromatic heterocycles. The maximum atomic E-state index is 13.5. The zero-order valence-electron chi connectivity index (χ0n) is 16.5. The van der Waals surface area contributed by atoms with E-state index in [0.717, 1.165) is 0 Å². The van der Waals surface area contributed by atoms with Crippen LogP contribution < -0.4 is 5.32 Å². The monoisotopic (exact) mass is 427 g/mol. The molecule has 10 heteroatoms. The van der Waals surface area contributed by atoms with Crippen molar-refractivity contribution in [2.24, 2.45) is 5.92 Å². The Kier molecular flexibility index (Phi) is 5.21. The number of hydrogen-bond acceptors (Lipinski definition) is 5. The smallest absolute Gasteiger partial charge is 0.274 e. The molecule has 0 aliphatic rings. The summed E-state index contributed by atoms with van der Waals surface area (Å²) in [5.41, 5.74) is 1.87. The second kappa shape index (κ2) is 7.83. The lowest BCUT2D eigenvalue weighted by atomic mass is 10.0. The van der Waals surface area contributed by atoms with Crippen LogP contribution in [0.5, 0.6) is 0 Å². The van der Waals surface area contributed by atoms with E-state index in [1.54, 1.807) is 6.92 Å². The van der Waals surface area contributed by atoms with Gasteiger partial charge in [0.25, 0.3) is 5.91 Å². The Morgan fingerprint density at radius 3 is 2.70 bits per heavy atom. The van der Waals surface area contributed by atoms with Crippen LogP contribution in [0.2, 0.25) is 5.02 Å². The van der Waals surface area contributed by atoms with E-state index < -0.39 is 11.7 Å². The van der Waals surface area contributed by atoms with Gasteiger partial charge >= 0.3 is 0 Å². The van der Waals surface area contributed by atoms with Crippen LogP contribution >= 0.6 is 11.6 Å². The third kappa shape index (κ3) is 3.52. The van der Waals surface area contributed by atoms with Gasteiger partial charge in [-0.15, -0.1) is 15.3 Å². The molecule has 30 heavy (non-hydrogen) atoms. The average Bonchev–Trinajstić information content (AvgIpc) is 3.31. The van der Waals surface area contributed by atoms with E-state index in [-0.39, 0.29) is 22.7 Å². The van der Waals surface area contributed by atoms with Crippen molar-refractivity contribution in [2.45, 2.75) is 26.8 Å². The number of pyridine rings is 1. The van der Waals surface area contributed by atoms with Gasteiger partial charge in [0.15, 0.2) is 17.2 Å². The standard InChI is InChI=1S/C20H19ClFN7O/c1-11(2)17(19-26-24-16-6-4-5-9-28(16)19)23-20(30)18-12(3)29(27-25-18)13-7-8-15(22)14(21)10-13/h4-11,17H,1-3H3,(H,23,30). The fraction of sp³-hybridized carbons (Fsp3) is 0.250. The average molecular weight is 428 g/mol. The molecule has 8 nitrogen and oxygen atoms in total. The first kappa shape index (κ1) is 20.0. The lowest BCUT2D eigenvalue weighted by Gasteiger charge is -2.20. The van der Waals surface area contributed by atoms with Crippen LogP contribution in [0.15, 0.2) is 42.6 Å². The Morgan fingerprint density at radius 1 is 1.17 bits per heavy atom. The van der Waals surface area contributed by atoms with Gasteiger partial charge in [-0.3, -0.25) is 9.20 Å². The van der Waals surface area contributed by atoms with Gasteiger partial charge in [-0.1, -0.05) is 36.7 Å². The predicted molar refractivity (Wildman–Crippen MR) is 109 cm³/mol. The van der Waals surface area contributed by atoms with Gasteiger partial charge in [-0.25, -0.2) is 9.07 Å². The summed E-state index contributed by atoms with van der Waals surface area (Å²) in [4.78, 5) is 13.0. The minimum absolute atomic E-state index is 0.0352. The number of fused-ring (bicyclic) bond motifs is 1. The summed E-state index contributed by atoms with van der Waals surface area (Å²) >= 11 is 5.86. The Labute approximate surface area is 176 Å². The molecule has 1 aromatic carbocycles. The fourth-order valence-electron chi connectivity index (χ4n) is 3.21. The van der Waals surface area contributed by atoms with Gasteiger partial charge < -0.3 is 5.32 Å². The van der Waals surface area contributed by atoms with Crippen LogP contribution in [0, 0.1) is 18.7 Å². The van der Waals surface area contributed by atoms with Crippen LogP contribution in [-0.2, 0) is 0 Å². The molecule has 0 saturated carbocycles. The Balaban J connectivity index is 1.64. The second-order valence-electron chi connectivity index (χ2n) is 7.22. The van der Waals surface area contributed by atoms with Crippen molar-refractivity contribution in [3.05, 3.63) is 70.6 Å². The van der Waals surface area contributed by atoms with E-state index in [1.807, 2.05) is 42.6 Å². The van der Waals surface area contributed by atoms with Crippen molar-refractivity contribution < 1.29 is 9.18 Å². The van der Waals surface area contributed by atoms with Crippen molar-refractivity contribution >= 4 is 23.2 Å². The van der Waals surface area contributed by atoms with Gasteiger partial charge in [0.1, 0.15) is 5.82 Å². The van der Waals surface area contributed by atoms with Gasteiger partial charge in [-0.05, 0) is 43.2 Å². The van der Waals surface area contributed by atoms with E-state index in [0.29, 0.717) is 22.9 Å². The molecular weight excluding hydrogens is 409 g/mol. The molecule has 154 valence electrons. The summed E-state index contributed by atoms with van der Waals surface area (Å²) in [5, 5.41) is 19.4. The zero-order valence-corrected chi connectivity index (χ0v) is 17.3. The highest BCUT2D eigenvalue weighted by Gasteiger charge is 2.26. The summed E-state index contributed by atoms with van der Waals surface area (Å²) in [7, 11) is 0. The maximum absolute atomic E-state index is 13.5. The van der Waals surface area contributed by atoms with Gasteiger partial charge in [0.05, 0.1) is 22.4 Å². The fourth-order valence-corrected chi connectivity index (χ4v) is 3.39. The molecule has 1 amide bonds. The van der Waals surface area contributed by atoms with Crippen molar-refractivity contribution in [3.63, 3.8) is 0 Å². The second-order valence-corrected chi connectivity index (χ2v) is 7.62. The predicted octanol–water partition coefficient (Wildman–Crippen LogP) is 3.54. The summed E-state index contributed by atoms with van der Waals surface area (Å²) in [6.45, 7) is 5.68. The van der Waals surface area contributed by atoms with Gasteiger partial charge in [0, 0.05) is 6.20 Å². The maximum Gasteiger partial charge on any atom is 0.274 e. The summed E-state index contributed by atoms with van der Waals surface area (Å²) in [5.74, 6) is -0.244. The van der Waals surface area contributed by atoms with Crippen molar-refractivity contribution in [2.75, 3.05) is 0 Å². The SMILES string of the molecule is Cc1c(C(=O)NC(c2nnc3ccccn23)C(C)C)nnn1-c1ccc(F)c(Cl)c1. The number of halogens is 2. The van der Waals surface area contributed by atoms with Crippen molar-refractivity contribution in [1.82, 2.24) is 34.9 Å². The minimum atomic E-state index is -0.531. The first-order valence-corrected chi connectivity index (χ1v) is 9.73. The first-order valence-electron chi connectivity index (χ1n) is 9.35. The quantitative estimate of drug-likeness (QED) is 0.526. The molecular formula is C20H19ClFN7O. The van der Waals surface area contributed by atoms with Crippen LogP contribution in [0.4, 0.5) is 4.39 Å². The van der Waals surface area contributed by atoms with Crippen LogP contribution in [0.25, 0.3) is 11.3 Å². The van der Waals surface area contributed by atoms with Crippen LogP contribution in [0.1, 0.15) is 41.9 Å². The number of nitrogens with one attached hydrogen (secondary N) is 1. The molecule has 1 unspecified atom stereocenters. The molecule has 0 saturated heterocycles. The molecule has 0 spiro atoms. The number of benzene rings is 1. The van der Waals surface area contributed by atoms with Crippen LogP contribution in [0.3, 0.4) is 0 Å². The number of carbonyl (C=O) groups is 1. The molecule has 0 aliphatic carbocycles. The molecule has 0 aliphatic heterocycles. The molecule has 0 fully saturated rings. The Hall–Kier alpha value is -3.33. The number of aromatic nitrogens is 6. The molecule has 1 N–H and O–H groups in total. The molecule has 0 radical (unpaired) electrons. The lowest BCUT2D eigenvalue weighted by Crippen LogP contribution is -2.33. The summed E-state index contributed by atoms with van der Waals surface area (Å²) < 4.78 is 16.7. The van der Waals surface area contributed by atoms with E-state index in [2.05, 4.69) is 25.8 Å².